The number of pyridine rings is 1. The standard InChI is InChI=1S/C13H17N3S/c1-7-5-6-15-9(3)11(7)8(2)12-10(4)16-13(14)17-12/h5-6,8H,1-4H3,(H2,14,16). The highest BCUT2D eigenvalue weighted by Gasteiger charge is 2.19. The highest BCUT2D eigenvalue weighted by atomic mass is 32.1. The van der Waals surface area contributed by atoms with Crippen molar-refractivity contribution in [3.63, 3.8) is 0 Å². The van der Waals surface area contributed by atoms with Crippen molar-refractivity contribution in [2.24, 2.45) is 0 Å². The van der Waals surface area contributed by atoms with Crippen molar-refractivity contribution in [3.8, 4) is 0 Å². The lowest BCUT2D eigenvalue weighted by Crippen LogP contribution is -2.03. The summed E-state index contributed by atoms with van der Waals surface area (Å²) in [7, 11) is 0. The molecule has 0 spiro atoms. The van der Waals surface area contributed by atoms with Gasteiger partial charge in [0.25, 0.3) is 0 Å². The van der Waals surface area contributed by atoms with Crippen molar-refractivity contribution in [2.45, 2.75) is 33.6 Å². The number of nitrogens with two attached hydrogens (primary N) is 1. The Labute approximate surface area is 106 Å². The van der Waals surface area contributed by atoms with Crippen LogP contribution in [0.3, 0.4) is 0 Å². The Bertz CT molecular complexity index is 525. The number of anilines is 1. The van der Waals surface area contributed by atoms with Crippen LogP contribution in [-0.4, -0.2) is 9.97 Å². The Morgan fingerprint density at radius 3 is 2.47 bits per heavy atom. The first-order valence-corrected chi connectivity index (χ1v) is 6.47. The van der Waals surface area contributed by atoms with Crippen LogP contribution in [-0.2, 0) is 0 Å². The largest absolute Gasteiger partial charge is 0.375 e. The van der Waals surface area contributed by atoms with E-state index in [0.29, 0.717) is 11.0 Å². The van der Waals surface area contributed by atoms with Crippen LogP contribution in [0.4, 0.5) is 5.13 Å². The van der Waals surface area contributed by atoms with E-state index in [1.54, 1.807) is 11.3 Å². The molecule has 4 heteroatoms. The predicted octanol–water partition coefficient (Wildman–Crippen LogP) is 3.20. The second-order valence-electron chi connectivity index (χ2n) is 4.35. The summed E-state index contributed by atoms with van der Waals surface area (Å²) in [6.07, 6.45) is 1.86. The minimum Gasteiger partial charge on any atom is -0.375 e. The third-order valence-electron chi connectivity index (χ3n) is 3.08. The third-order valence-corrected chi connectivity index (χ3v) is 4.25. The summed E-state index contributed by atoms with van der Waals surface area (Å²) in [6.45, 7) is 8.38. The van der Waals surface area contributed by atoms with E-state index < -0.39 is 0 Å². The highest BCUT2D eigenvalue weighted by molar-refractivity contribution is 7.15. The van der Waals surface area contributed by atoms with Gasteiger partial charge < -0.3 is 5.73 Å². The van der Waals surface area contributed by atoms with E-state index in [1.807, 2.05) is 13.1 Å². The first-order chi connectivity index (χ1) is 8.00. The molecule has 2 aromatic heterocycles. The van der Waals surface area contributed by atoms with Crippen LogP contribution >= 0.6 is 11.3 Å². The van der Waals surface area contributed by atoms with Gasteiger partial charge in [0.1, 0.15) is 0 Å². The minimum absolute atomic E-state index is 0.304. The van der Waals surface area contributed by atoms with Crippen LogP contribution in [0.1, 0.15) is 40.2 Å². The molecule has 0 radical (unpaired) electrons. The van der Waals surface area contributed by atoms with Gasteiger partial charge >= 0.3 is 0 Å². The zero-order valence-corrected chi connectivity index (χ0v) is 11.4. The molecule has 0 fully saturated rings. The van der Waals surface area contributed by atoms with E-state index >= 15 is 0 Å². The molecule has 0 aromatic carbocycles. The lowest BCUT2D eigenvalue weighted by molar-refractivity contribution is 0.884. The molecule has 0 amide bonds. The van der Waals surface area contributed by atoms with Gasteiger partial charge in [0.05, 0.1) is 5.69 Å². The molecule has 0 saturated carbocycles. The molecular formula is C13H17N3S. The van der Waals surface area contributed by atoms with E-state index in [1.165, 1.54) is 16.0 Å². The molecule has 0 saturated heterocycles. The van der Waals surface area contributed by atoms with Gasteiger partial charge in [-0.2, -0.15) is 0 Å². The van der Waals surface area contributed by atoms with Gasteiger partial charge in [-0.05, 0) is 38.0 Å². The molecule has 2 aromatic rings. The van der Waals surface area contributed by atoms with E-state index in [9.17, 15) is 0 Å². The zero-order valence-electron chi connectivity index (χ0n) is 10.6. The minimum atomic E-state index is 0.304. The second-order valence-corrected chi connectivity index (χ2v) is 5.41. The Morgan fingerprint density at radius 2 is 1.94 bits per heavy atom. The first kappa shape index (κ1) is 12.0. The maximum absolute atomic E-state index is 5.76. The van der Waals surface area contributed by atoms with Gasteiger partial charge in [-0.15, -0.1) is 11.3 Å². The van der Waals surface area contributed by atoms with Crippen LogP contribution < -0.4 is 5.73 Å². The van der Waals surface area contributed by atoms with Crippen molar-refractivity contribution >= 4 is 16.5 Å². The van der Waals surface area contributed by atoms with Gasteiger partial charge in [0.2, 0.25) is 0 Å². The topological polar surface area (TPSA) is 51.8 Å². The molecule has 3 nitrogen and oxygen atoms in total. The fourth-order valence-electron chi connectivity index (χ4n) is 2.32. The SMILES string of the molecule is Cc1ccnc(C)c1C(C)c1sc(N)nc1C. The van der Waals surface area contributed by atoms with Crippen LogP contribution in [0.25, 0.3) is 0 Å². The molecule has 2 N–H and O–H groups in total. The van der Waals surface area contributed by atoms with Gasteiger partial charge in [0, 0.05) is 22.7 Å². The molecule has 0 aliphatic carbocycles. The number of thiazole rings is 1. The van der Waals surface area contributed by atoms with Crippen LogP contribution in [0.15, 0.2) is 12.3 Å². The quantitative estimate of drug-likeness (QED) is 0.886. The molecule has 0 aliphatic rings. The first-order valence-electron chi connectivity index (χ1n) is 5.65. The van der Waals surface area contributed by atoms with Crippen molar-refractivity contribution in [2.75, 3.05) is 5.73 Å². The van der Waals surface area contributed by atoms with E-state index in [4.69, 9.17) is 5.73 Å². The third kappa shape index (κ3) is 2.17. The summed E-state index contributed by atoms with van der Waals surface area (Å²) in [4.78, 5) is 9.91. The van der Waals surface area contributed by atoms with Gasteiger partial charge in [-0.25, -0.2) is 4.98 Å². The zero-order chi connectivity index (χ0) is 12.6. The molecule has 2 heterocycles. The second kappa shape index (κ2) is 4.45. The summed E-state index contributed by atoms with van der Waals surface area (Å²) in [5.41, 5.74) is 10.4. The summed E-state index contributed by atoms with van der Waals surface area (Å²) >= 11 is 1.57. The number of hydrogen-bond donors (Lipinski definition) is 1. The van der Waals surface area contributed by atoms with E-state index in [0.717, 1.165) is 11.4 Å². The summed E-state index contributed by atoms with van der Waals surface area (Å²) in [6, 6.07) is 2.05. The maximum Gasteiger partial charge on any atom is 0.180 e. The summed E-state index contributed by atoms with van der Waals surface area (Å²) in [5.74, 6) is 0.304. The van der Waals surface area contributed by atoms with Crippen LogP contribution in [0, 0.1) is 20.8 Å². The number of hydrogen-bond acceptors (Lipinski definition) is 4. The number of nitrogens with zero attached hydrogens (tertiary/aromatic N) is 2. The van der Waals surface area contributed by atoms with Crippen molar-refractivity contribution in [3.05, 3.63) is 39.7 Å². The van der Waals surface area contributed by atoms with E-state index in [2.05, 4.69) is 36.8 Å². The van der Waals surface area contributed by atoms with Crippen LogP contribution in [0.2, 0.25) is 0 Å². The Hall–Kier alpha value is -1.42. The maximum atomic E-state index is 5.76. The number of aryl methyl sites for hydroxylation is 3. The van der Waals surface area contributed by atoms with Crippen molar-refractivity contribution in [1.29, 1.82) is 0 Å². The average Bonchev–Trinajstić information content (AvgIpc) is 2.57. The van der Waals surface area contributed by atoms with Gasteiger partial charge in [-0.3, -0.25) is 4.98 Å². The molecule has 1 unspecified atom stereocenters. The molecule has 90 valence electrons. The van der Waals surface area contributed by atoms with Gasteiger partial charge in [0.15, 0.2) is 5.13 Å². The molecule has 0 bridgehead atoms. The fourth-order valence-corrected chi connectivity index (χ4v) is 3.22. The van der Waals surface area contributed by atoms with Crippen molar-refractivity contribution < 1.29 is 0 Å². The smallest absolute Gasteiger partial charge is 0.180 e. The predicted molar refractivity (Wildman–Crippen MR) is 72.5 cm³/mol. The Balaban J connectivity index is 2.51. The monoisotopic (exact) mass is 247 g/mol. The lowest BCUT2D eigenvalue weighted by Gasteiger charge is -2.15. The lowest BCUT2D eigenvalue weighted by atomic mass is 9.93. The molecule has 17 heavy (non-hydrogen) atoms. The van der Waals surface area contributed by atoms with E-state index in [-0.39, 0.29) is 0 Å². The summed E-state index contributed by atoms with van der Waals surface area (Å²) < 4.78 is 0. The average molecular weight is 247 g/mol. The number of aromatic nitrogens is 2. The fraction of sp³-hybridized carbons (Fsp3) is 0.385. The number of rotatable bonds is 2. The highest BCUT2D eigenvalue weighted by Crippen LogP contribution is 2.34. The molecule has 2 rings (SSSR count). The normalized spacial score (nSPS) is 12.7. The van der Waals surface area contributed by atoms with Gasteiger partial charge in [-0.1, -0.05) is 6.92 Å². The number of nitrogen functional groups attached to an aromatic ring is 1. The Kier molecular flexibility index (Phi) is 3.15. The molecule has 1 atom stereocenters. The molecule has 0 aliphatic heterocycles. The van der Waals surface area contributed by atoms with Crippen molar-refractivity contribution in [1.82, 2.24) is 9.97 Å². The molecular weight excluding hydrogens is 230 g/mol. The van der Waals surface area contributed by atoms with Crippen LogP contribution in [0.5, 0.6) is 0 Å². The Morgan fingerprint density at radius 1 is 1.24 bits per heavy atom. The summed E-state index contributed by atoms with van der Waals surface area (Å²) in [5, 5.41) is 0.642.